The summed E-state index contributed by atoms with van der Waals surface area (Å²) in [6, 6.07) is 5.69. The average molecular weight is 366 g/mol. The molecule has 1 aliphatic heterocycles. The van der Waals surface area contributed by atoms with Gasteiger partial charge in [0.05, 0.1) is 0 Å². The molecule has 2 fully saturated rings. The van der Waals surface area contributed by atoms with Crippen LogP contribution in [0.4, 0.5) is 5.69 Å². The van der Waals surface area contributed by atoms with Gasteiger partial charge >= 0.3 is 0 Å². The molecule has 2 amide bonds. The second-order valence-corrected chi connectivity index (χ2v) is 7.08. The quantitative estimate of drug-likeness (QED) is 0.860. The number of carbonyl (C=O) groups excluding carboxylic acids is 2. The predicted molar refractivity (Wildman–Crippen MR) is 102 cm³/mol. The minimum absolute atomic E-state index is 0. The summed E-state index contributed by atoms with van der Waals surface area (Å²) >= 11 is 0. The molecule has 2 atom stereocenters. The molecular weight excluding hydrogens is 338 g/mol. The molecule has 3 N–H and O–H groups in total. The highest BCUT2D eigenvalue weighted by Gasteiger charge is 2.26. The molecule has 0 radical (unpaired) electrons. The fourth-order valence-electron chi connectivity index (χ4n) is 3.85. The molecule has 25 heavy (non-hydrogen) atoms. The SMILES string of the molecule is Cc1c(NC(=O)C[C@@H]2CCC[C@H]2N)cccc1C(=O)N1CCCC1.Cl. The Kier molecular flexibility index (Phi) is 6.85. The molecule has 1 aromatic carbocycles. The van der Waals surface area contributed by atoms with Crippen molar-refractivity contribution in [1.29, 1.82) is 0 Å². The molecule has 3 rings (SSSR count). The first kappa shape index (κ1) is 19.7. The molecule has 138 valence electrons. The van der Waals surface area contributed by atoms with E-state index in [0.717, 1.165) is 56.4 Å². The number of halogens is 1. The minimum atomic E-state index is -0.00813. The minimum Gasteiger partial charge on any atom is -0.339 e. The van der Waals surface area contributed by atoms with Crippen molar-refractivity contribution in [3.05, 3.63) is 29.3 Å². The number of nitrogens with zero attached hydrogens (tertiary/aromatic N) is 1. The highest BCUT2D eigenvalue weighted by molar-refractivity contribution is 5.99. The Morgan fingerprint density at radius 3 is 2.56 bits per heavy atom. The van der Waals surface area contributed by atoms with Crippen LogP contribution in [0.15, 0.2) is 18.2 Å². The lowest BCUT2D eigenvalue weighted by atomic mass is 9.99. The van der Waals surface area contributed by atoms with Crippen molar-refractivity contribution >= 4 is 29.9 Å². The first-order valence-corrected chi connectivity index (χ1v) is 9.00. The van der Waals surface area contributed by atoms with Crippen LogP contribution in [0.3, 0.4) is 0 Å². The number of benzene rings is 1. The Labute approximate surface area is 155 Å². The number of nitrogens with two attached hydrogens (primary N) is 1. The predicted octanol–water partition coefficient (Wildman–Crippen LogP) is 3.11. The fourth-order valence-corrected chi connectivity index (χ4v) is 3.85. The maximum Gasteiger partial charge on any atom is 0.254 e. The number of likely N-dealkylation sites (tertiary alicyclic amines) is 1. The summed E-state index contributed by atoms with van der Waals surface area (Å²) in [6.45, 7) is 3.56. The van der Waals surface area contributed by atoms with E-state index in [1.807, 2.05) is 30.0 Å². The summed E-state index contributed by atoms with van der Waals surface area (Å²) in [5, 5.41) is 2.98. The van der Waals surface area contributed by atoms with Crippen molar-refractivity contribution in [2.45, 2.75) is 51.5 Å². The highest BCUT2D eigenvalue weighted by atomic mass is 35.5. The van der Waals surface area contributed by atoms with Gasteiger partial charge in [0.2, 0.25) is 5.91 Å². The summed E-state index contributed by atoms with van der Waals surface area (Å²) in [4.78, 5) is 26.9. The Morgan fingerprint density at radius 2 is 1.92 bits per heavy atom. The zero-order valence-corrected chi connectivity index (χ0v) is 15.6. The molecule has 6 heteroatoms. The van der Waals surface area contributed by atoms with Gasteiger partial charge < -0.3 is 16.0 Å². The molecule has 0 unspecified atom stereocenters. The second-order valence-electron chi connectivity index (χ2n) is 7.08. The van der Waals surface area contributed by atoms with Crippen molar-refractivity contribution in [2.24, 2.45) is 11.7 Å². The maximum atomic E-state index is 12.6. The molecule has 1 saturated carbocycles. The first-order valence-electron chi connectivity index (χ1n) is 9.00. The van der Waals surface area contributed by atoms with Crippen molar-refractivity contribution in [3.8, 4) is 0 Å². The monoisotopic (exact) mass is 365 g/mol. The van der Waals surface area contributed by atoms with E-state index in [-0.39, 0.29) is 36.2 Å². The third-order valence-corrected chi connectivity index (χ3v) is 5.40. The normalized spacial score (nSPS) is 22.6. The van der Waals surface area contributed by atoms with Gasteiger partial charge in [-0.25, -0.2) is 0 Å². The van der Waals surface area contributed by atoms with Gasteiger partial charge in [-0.3, -0.25) is 9.59 Å². The Bertz CT molecular complexity index is 629. The van der Waals surface area contributed by atoms with E-state index in [2.05, 4.69) is 5.32 Å². The lowest BCUT2D eigenvalue weighted by Gasteiger charge is -2.19. The van der Waals surface area contributed by atoms with Crippen LogP contribution in [0.2, 0.25) is 0 Å². The van der Waals surface area contributed by atoms with E-state index in [1.54, 1.807) is 0 Å². The third kappa shape index (κ3) is 4.53. The molecule has 0 bridgehead atoms. The first-order chi connectivity index (χ1) is 11.6. The summed E-state index contributed by atoms with van der Waals surface area (Å²) in [7, 11) is 0. The molecule has 5 nitrogen and oxygen atoms in total. The van der Waals surface area contributed by atoms with Gasteiger partial charge in [0.1, 0.15) is 0 Å². The average Bonchev–Trinajstić information content (AvgIpc) is 3.21. The molecule has 2 aliphatic rings. The maximum absolute atomic E-state index is 12.6. The van der Waals surface area contributed by atoms with Crippen LogP contribution in [-0.4, -0.2) is 35.8 Å². The van der Waals surface area contributed by atoms with E-state index in [4.69, 9.17) is 5.73 Å². The van der Waals surface area contributed by atoms with Gasteiger partial charge in [-0.2, -0.15) is 0 Å². The summed E-state index contributed by atoms with van der Waals surface area (Å²) in [6.07, 6.45) is 5.76. The molecular formula is C19H28ClN3O2. The molecule has 1 heterocycles. The van der Waals surface area contributed by atoms with Crippen LogP contribution < -0.4 is 11.1 Å². The van der Waals surface area contributed by atoms with Crippen molar-refractivity contribution in [2.75, 3.05) is 18.4 Å². The zero-order chi connectivity index (χ0) is 17.1. The van der Waals surface area contributed by atoms with Gasteiger partial charge in [-0.05, 0) is 56.2 Å². The van der Waals surface area contributed by atoms with Crippen molar-refractivity contribution < 1.29 is 9.59 Å². The number of nitrogens with one attached hydrogen (secondary N) is 1. The van der Waals surface area contributed by atoms with Gasteiger partial charge in [0.15, 0.2) is 0 Å². The highest BCUT2D eigenvalue weighted by Crippen LogP contribution is 2.28. The number of hydrogen-bond acceptors (Lipinski definition) is 3. The largest absolute Gasteiger partial charge is 0.339 e. The number of carbonyl (C=O) groups is 2. The van der Waals surface area contributed by atoms with Crippen molar-refractivity contribution in [3.63, 3.8) is 0 Å². The Hall–Kier alpha value is -1.59. The summed E-state index contributed by atoms with van der Waals surface area (Å²) in [5.41, 5.74) is 8.32. The van der Waals surface area contributed by atoms with Gasteiger partial charge in [-0.1, -0.05) is 12.5 Å². The van der Waals surface area contributed by atoms with Crippen LogP contribution in [0, 0.1) is 12.8 Å². The third-order valence-electron chi connectivity index (χ3n) is 5.40. The smallest absolute Gasteiger partial charge is 0.254 e. The standard InChI is InChI=1S/C19H27N3O2.ClH/c1-13-15(19(24)22-10-2-3-11-22)7-5-9-17(13)21-18(23)12-14-6-4-8-16(14)20;/h5,7,9,14,16H,2-4,6,8,10-12,20H2,1H3,(H,21,23);1H/t14-,16+;/m0./s1. The number of hydrogen-bond donors (Lipinski definition) is 2. The topological polar surface area (TPSA) is 75.4 Å². The van der Waals surface area contributed by atoms with E-state index in [1.165, 1.54) is 0 Å². The van der Waals surface area contributed by atoms with E-state index >= 15 is 0 Å². The molecule has 1 aromatic rings. The molecule has 0 aromatic heterocycles. The van der Waals surface area contributed by atoms with Gasteiger partial charge in [0.25, 0.3) is 5.91 Å². The van der Waals surface area contributed by atoms with E-state index in [0.29, 0.717) is 12.0 Å². The van der Waals surface area contributed by atoms with Crippen LogP contribution in [0.5, 0.6) is 0 Å². The second kappa shape index (κ2) is 8.68. The zero-order valence-electron chi connectivity index (χ0n) is 14.8. The Morgan fingerprint density at radius 1 is 1.20 bits per heavy atom. The van der Waals surface area contributed by atoms with Crippen LogP contribution in [-0.2, 0) is 4.79 Å². The molecule has 1 aliphatic carbocycles. The van der Waals surface area contributed by atoms with Crippen LogP contribution >= 0.6 is 12.4 Å². The molecule has 0 spiro atoms. The van der Waals surface area contributed by atoms with Crippen LogP contribution in [0.25, 0.3) is 0 Å². The lowest BCUT2D eigenvalue weighted by Crippen LogP contribution is -2.29. The fraction of sp³-hybridized carbons (Fsp3) is 0.579. The Balaban J connectivity index is 0.00000225. The number of anilines is 1. The molecule has 1 saturated heterocycles. The number of rotatable bonds is 4. The number of amides is 2. The van der Waals surface area contributed by atoms with Gasteiger partial charge in [0, 0.05) is 36.8 Å². The van der Waals surface area contributed by atoms with Gasteiger partial charge in [-0.15, -0.1) is 12.4 Å². The van der Waals surface area contributed by atoms with Crippen LogP contribution in [0.1, 0.15) is 54.4 Å². The lowest BCUT2D eigenvalue weighted by molar-refractivity contribution is -0.117. The van der Waals surface area contributed by atoms with E-state index in [9.17, 15) is 9.59 Å². The summed E-state index contributed by atoms with van der Waals surface area (Å²) < 4.78 is 0. The summed E-state index contributed by atoms with van der Waals surface area (Å²) in [5.74, 6) is 0.338. The van der Waals surface area contributed by atoms with Crippen molar-refractivity contribution in [1.82, 2.24) is 4.90 Å². The van der Waals surface area contributed by atoms with E-state index < -0.39 is 0 Å².